The van der Waals surface area contributed by atoms with Crippen molar-refractivity contribution in [3.8, 4) is 0 Å². The number of aliphatic hydroxyl groups excluding tert-OH is 1. The van der Waals surface area contributed by atoms with Crippen LogP contribution in [0.4, 0.5) is 4.39 Å². The van der Waals surface area contributed by atoms with E-state index in [-0.39, 0.29) is 54.6 Å². The van der Waals surface area contributed by atoms with Gasteiger partial charge in [-0.2, -0.15) is 0 Å². The number of carbonyl (C=O) groups excluding carboxylic acids is 3. The van der Waals surface area contributed by atoms with Gasteiger partial charge in [-0.05, 0) is 75.2 Å². The van der Waals surface area contributed by atoms with Gasteiger partial charge in [0, 0.05) is 18.4 Å². The predicted octanol–water partition coefficient (Wildman–Crippen LogP) is 3.71. The van der Waals surface area contributed by atoms with E-state index in [4.69, 9.17) is 14.2 Å². The smallest absolute Gasteiger partial charge is 0.308 e. The Kier molecular flexibility index (Phi) is 7.30. The molecule has 0 amide bonds. The van der Waals surface area contributed by atoms with E-state index in [2.05, 4.69) is 6.92 Å². The SMILES string of the molecule is COCOC1C[C@@]2(C)C(=CC1=O)CC[C@H]1[C@@H]3CC[C@H](C(=O)COC(=O)CC(C)O)[C@@]3(C)CC[C@@]12F. The molecule has 35 heavy (non-hydrogen) atoms. The van der Waals surface area contributed by atoms with Crippen LogP contribution >= 0.6 is 0 Å². The molecular formula is C27H39FO7. The summed E-state index contributed by atoms with van der Waals surface area (Å²) in [5.74, 6) is -1.23. The Morgan fingerprint density at radius 2 is 1.94 bits per heavy atom. The van der Waals surface area contributed by atoms with Crippen LogP contribution in [0.3, 0.4) is 0 Å². The Morgan fingerprint density at radius 1 is 1.20 bits per heavy atom. The van der Waals surface area contributed by atoms with E-state index in [1.165, 1.54) is 14.0 Å². The highest BCUT2D eigenvalue weighted by Gasteiger charge is 2.68. The first-order valence-corrected chi connectivity index (χ1v) is 12.9. The molecule has 0 aliphatic heterocycles. The summed E-state index contributed by atoms with van der Waals surface area (Å²) in [6, 6.07) is 0. The number of hydrogen-bond acceptors (Lipinski definition) is 7. The second kappa shape index (κ2) is 9.67. The molecule has 3 fully saturated rings. The second-order valence-corrected chi connectivity index (χ2v) is 11.6. The van der Waals surface area contributed by atoms with Gasteiger partial charge in [-0.3, -0.25) is 14.4 Å². The molecule has 4 aliphatic rings. The first-order chi connectivity index (χ1) is 16.5. The minimum absolute atomic E-state index is 0.00927. The zero-order chi connectivity index (χ0) is 25.6. The lowest BCUT2D eigenvalue weighted by molar-refractivity contribution is -0.171. The number of esters is 1. The third-order valence-corrected chi connectivity index (χ3v) is 9.70. The van der Waals surface area contributed by atoms with Gasteiger partial charge in [0.25, 0.3) is 0 Å². The summed E-state index contributed by atoms with van der Waals surface area (Å²) in [6.45, 7) is 5.24. The fourth-order valence-corrected chi connectivity index (χ4v) is 7.85. The van der Waals surface area contributed by atoms with Crippen molar-refractivity contribution in [2.24, 2.45) is 28.6 Å². The number of alkyl halides is 1. The van der Waals surface area contributed by atoms with Gasteiger partial charge in [0.2, 0.25) is 0 Å². The molecule has 2 unspecified atom stereocenters. The first-order valence-electron chi connectivity index (χ1n) is 12.9. The molecule has 0 radical (unpaired) electrons. The lowest BCUT2D eigenvalue weighted by Crippen LogP contribution is -2.62. The number of allylic oxidation sites excluding steroid dienone is 1. The van der Waals surface area contributed by atoms with Crippen LogP contribution in [0.2, 0.25) is 0 Å². The van der Waals surface area contributed by atoms with Crippen molar-refractivity contribution in [3.63, 3.8) is 0 Å². The van der Waals surface area contributed by atoms with Gasteiger partial charge in [-0.1, -0.05) is 19.4 Å². The number of ketones is 2. The number of hydrogen-bond donors (Lipinski definition) is 1. The molecule has 7 nitrogen and oxygen atoms in total. The number of fused-ring (bicyclic) bond motifs is 5. The van der Waals surface area contributed by atoms with Crippen LogP contribution in [0, 0.1) is 28.6 Å². The van der Waals surface area contributed by atoms with Gasteiger partial charge in [0.1, 0.15) is 25.2 Å². The molecule has 0 heterocycles. The van der Waals surface area contributed by atoms with E-state index < -0.39 is 29.3 Å². The molecule has 8 atom stereocenters. The first kappa shape index (κ1) is 26.4. The van der Waals surface area contributed by atoms with Crippen LogP contribution in [0.1, 0.15) is 72.1 Å². The van der Waals surface area contributed by atoms with Crippen molar-refractivity contribution < 1.29 is 38.1 Å². The average Bonchev–Trinajstić information content (AvgIpc) is 3.14. The molecular weight excluding hydrogens is 455 g/mol. The molecule has 0 spiro atoms. The van der Waals surface area contributed by atoms with Gasteiger partial charge >= 0.3 is 5.97 Å². The van der Waals surface area contributed by atoms with Crippen molar-refractivity contribution in [1.82, 2.24) is 0 Å². The fraction of sp³-hybridized carbons (Fsp3) is 0.815. The Labute approximate surface area is 206 Å². The van der Waals surface area contributed by atoms with Crippen LogP contribution in [0.25, 0.3) is 0 Å². The van der Waals surface area contributed by atoms with Crippen LogP contribution in [-0.2, 0) is 28.6 Å². The maximum Gasteiger partial charge on any atom is 0.308 e. The third kappa shape index (κ3) is 4.40. The number of ether oxygens (including phenoxy) is 3. The average molecular weight is 495 g/mol. The second-order valence-electron chi connectivity index (χ2n) is 11.6. The number of rotatable bonds is 8. The molecule has 0 aromatic carbocycles. The van der Waals surface area contributed by atoms with Gasteiger partial charge in [-0.15, -0.1) is 0 Å². The molecule has 196 valence electrons. The van der Waals surface area contributed by atoms with Crippen molar-refractivity contribution in [2.75, 3.05) is 20.5 Å². The number of methoxy groups -OCH3 is 1. The molecule has 0 aromatic rings. The number of Topliss-reactive ketones (excluding diaryl/α,β-unsaturated/α-hetero) is 1. The van der Waals surface area contributed by atoms with Crippen molar-refractivity contribution in [3.05, 3.63) is 11.6 Å². The molecule has 3 saturated carbocycles. The highest BCUT2D eigenvalue weighted by atomic mass is 19.1. The summed E-state index contributed by atoms with van der Waals surface area (Å²) in [4.78, 5) is 37.5. The molecule has 0 saturated heterocycles. The van der Waals surface area contributed by atoms with Crippen LogP contribution < -0.4 is 0 Å². The summed E-state index contributed by atoms with van der Waals surface area (Å²) in [5, 5.41) is 9.35. The molecule has 4 rings (SSSR count). The van der Waals surface area contributed by atoms with E-state index in [9.17, 15) is 19.5 Å². The van der Waals surface area contributed by atoms with Gasteiger partial charge in [0.15, 0.2) is 11.6 Å². The van der Waals surface area contributed by atoms with E-state index in [0.717, 1.165) is 12.0 Å². The van der Waals surface area contributed by atoms with Gasteiger partial charge < -0.3 is 19.3 Å². The fourth-order valence-electron chi connectivity index (χ4n) is 7.85. The largest absolute Gasteiger partial charge is 0.458 e. The zero-order valence-electron chi connectivity index (χ0n) is 21.3. The molecule has 1 N–H and O–H groups in total. The van der Waals surface area contributed by atoms with Crippen LogP contribution in [-0.4, -0.2) is 61.0 Å². The van der Waals surface area contributed by atoms with Crippen LogP contribution in [0.15, 0.2) is 11.6 Å². The Balaban J connectivity index is 1.52. The van der Waals surface area contributed by atoms with E-state index in [1.54, 1.807) is 6.08 Å². The van der Waals surface area contributed by atoms with Crippen molar-refractivity contribution >= 4 is 17.5 Å². The topological polar surface area (TPSA) is 99.1 Å². The van der Waals surface area contributed by atoms with Gasteiger partial charge in [0.05, 0.1) is 12.5 Å². The number of aliphatic hydroxyl groups is 1. The number of halogens is 1. The Bertz CT molecular complexity index is 900. The maximum atomic E-state index is 17.3. The summed E-state index contributed by atoms with van der Waals surface area (Å²) >= 11 is 0. The number of carbonyl (C=O) groups is 3. The minimum atomic E-state index is -1.47. The lowest BCUT2D eigenvalue weighted by Gasteiger charge is -2.61. The summed E-state index contributed by atoms with van der Waals surface area (Å²) < 4.78 is 33.0. The predicted molar refractivity (Wildman–Crippen MR) is 125 cm³/mol. The normalized spacial score (nSPS) is 41.3. The molecule has 0 bridgehead atoms. The zero-order valence-corrected chi connectivity index (χ0v) is 21.3. The van der Waals surface area contributed by atoms with Gasteiger partial charge in [-0.25, -0.2) is 4.39 Å². The van der Waals surface area contributed by atoms with E-state index in [0.29, 0.717) is 38.5 Å². The standard InChI is InChI=1S/C27H39FO7/c1-16(29)11-24(32)34-14-22(31)20-8-7-18-19-6-5-17-12-21(30)23(35-15-33-4)13-26(17,3)27(19,28)10-9-25(18,20)2/h12,16,18-20,23,29H,5-11,13-15H2,1-4H3/t16?,18-,19-,20+,23?,25-,26-,27+/m0/s1. The van der Waals surface area contributed by atoms with E-state index >= 15 is 4.39 Å². The Hall–Kier alpha value is -1.64. The summed E-state index contributed by atoms with van der Waals surface area (Å²) in [6.07, 6.45) is 3.92. The minimum Gasteiger partial charge on any atom is -0.458 e. The quantitative estimate of drug-likeness (QED) is 0.406. The highest BCUT2D eigenvalue weighted by Crippen LogP contribution is 2.69. The van der Waals surface area contributed by atoms with Crippen molar-refractivity contribution in [1.29, 1.82) is 0 Å². The maximum absolute atomic E-state index is 17.3. The van der Waals surface area contributed by atoms with Crippen molar-refractivity contribution in [2.45, 2.75) is 90.0 Å². The molecule has 4 aliphatic carbocycles. The Morgan fingerprint density at radius 3 is 2.63 bits per heavy atom. The lowest BCUT2D eigenvalue weighted by atomic mass is 9.45. The van der Waals surface area contributed by atoms with E-state index in [1.807, 2.05) is 6.92 Å². The molecule has 0 aromatic heterocycles. The van der Waals surface area contributed by atoms with Crippen LogP contribution in [0.5, 0.6) is 0 Å². The summed E-state index contributed by atoms with van der Waals surface area (Å²) in [5.41, 5.74) is -1.72. The molecule has 8 heteroatoms. The highest BCUT2D eigenvalue weighted by molar-refractivity contribution is 5.95. The monoisotopic (exact) mass is 494 g/mol. The third-order valence-electron chi connectivity index (χ3n) is 9.70. The summed E-state index contributed by atoms with van der Waals surface area (Å²) in [7, 11) is 1.50.